The van der Waals surface area contributed by atoms with E-state index in [2.05, 4.69) is 0 Å². The third-order valence-electron chi connectivity index (χ3n) is 8.35. The maximum atomic E-state index is 13.2. The minimum atomic E-state index is -0.812. The minimum absolute atomic E-state index is 0.229. The molecule has 0 aliphatic carbocycles. The van der Waals surface area contributed by atoms with Crippen molar-refractivity contribution in [2.75, 3.05) is 42.7 Å². The Morgan fingerprint density at radius 3 is 1.15 bits per heavy atom. The standard InChI is InChI=1S/C41H41NO10/c1-24(40(43)28-14-16-32(45-3)36(22-28)47-5)51-34-18-12-26(20-38(34)49-7)30-10-9-11-31(42-30)27-13-19-35(39(21-27)50-8)52-25(2)41(44)29-15-17-33(46-4)37(23-29)48-6/h9-25H,1-8H3/t24-,25-/m1/s1. The lowest BCUT2D eigenvalue weighted by Gasteiger charge is -2.18. The highest BCUT2D eigenvalue weighted by atomic mass is 16.5. The van der Waals surface area contributed by atoms with Gasteiger partial charge in [-0.25, -0.2) is 4.98 Å². The topological polar surface area (TPSA) is 121 Å². The maximum absolute atomic E-state index is 13.2. The molecule has 0 aliphatic heterocycles. The number of benzene rings is 4. The van der Waals surface area contributed by atoms with E-state index >= 15 is 0 Å². The van der Waals surface area contributed by atoms with Gasteiger partial charge < -0.3 is 37.9 Å². The van der Waals surface area contributed by atoms with Crippen LogP contribution >= 0.6 is 0 Å². The zero-order valence-electron chi connectivity index (χ0n) is 30.3. The lowest BCUT2D eigenvalue weighted by atomic mass is 10.1. The van der Waals surface area contributed by atoms with E-state index in [1.807, 2.05) is 42.5 Å². The van der Waals surface area contributed by atoms with Gasteiger partial charge in [0.15, 0.2) is 58.2 Å². The number of hydrogen-bond donors (Lipinski definition) is 0. The molecule has 0 spiro atoms. The summed E-state index contributed by atoms with van der Waals surface area (Å²) < 4.78 is 44.7. The van der Waals surface area contributed by atoms with Crippen molar-refractivity contribution in [3.05, 3.63) is 102 Å². The smallest absolute Gasteiger partial charge is 0.203 e. The average Bonchev–Trinajstić information content (AvgIpc) is 3.19. The average molecular weight is 708 g/mol. The van der Waals surface area contributed by atoms with Crippen molar-refractivity contribution in [3.8, 4) is 68.5 Å². The fraction of sp³-hybridized carbons (Fsp3) is 0.244. The van der Waals surface area contributed by atoms with Crippen LogP contribution in [0.5, 0.6) is 46.0 Å². The molecular weight excluding hydrogens is 666 g/mol. The van der Waals surface area contributed by atoms with Gasteiger partial charge in [0.25, 0.3) is 0 Å². The summed E-state index contributed by atoms with van der Waals surface area (Å²) in [5.41, 5.74) is 3.78. The van der Waals surface area contributed by atoms with Crippen LogP contribution in [0, 0.1) is 0 Å². The number of nitrogens with zero attached hydrogens (tertiary/aromatic N) is 1. The first-order chi connectivity index (χ1) is 25.1. The lowest BCUT2D eigenvalue weighted by Crippen LogP contribution is -2.24. The SMILES string of the molecule is COc1ccc(C(=O)[C@@H](C)Oc2ccc(-c3cccc(-c4ccc(O[C@H](C)C(=O)c5ccc(OC)c(OC)c5)c(OC)c4)n3)cc2OC)cc1OC. The Morgan fingerprint density at radius 2 is 0.788 bits per heavy atom. The summed E-state index contributed by atoms with van der Waals surface area (Å²) >= 11 is 0. The maximum Gasteiger partial charge on any atom is 0.203 e. The summed E-state index contributed by atoms with van der Waals surface area (Å²) in [5, 5.41) is 0. The van der Waals surface area contributed by atoms with Gasteiger partial charge in [-0.15, -0.1) is 0 Å². The Bertz CT molecular complexity index is 1920. The van der Waals surface area contributed by atoms with E-state index in [1.54, 1.807) is 62.4 Å². The highest BCUT2D eigenvalue weighted by Gasteiger charge is 2.23. The van der Waals surface area contributed by atoms with Crippen molar-refractivity contribution in [1.82, 2.24) is 4.98 Å². The molecule has 5 aromatic rings. The van der Waals surface area contributed by atoms with Crippen LogP contribution in [0.25, 0.3) is 22.5 Å². The third kappa shape index (κ3) is 8.04. The summed E-state index contributed by atoms with van der Waals surface area (Å²) in [5.74, 6) is 3.19. The molecule has 1 aromatic heterocycles. The lowest BCUT2D eigenvalue weighted by molar-refractivity contribution is 0.0808. The number of pyridine rings is 1. The second-order valence-electron chi connectivity index (χ2n) is 11.5. The molecule has 0 saturated carbocycles. The number of ether oxygens (including phenoxy) is 8. The van der Waals surface area contributed by atoms with Crippen LogP contribution in [0.2, 0.25) is 0 Å². The van der Waals surface area contributed by atoms with Gasteiger partial charge in [-0.05, 0) is 98.8 Å². The van der Waals surface area contributed by atoms with E-state index < -0.39 is 12.2 Å². The Labute approximate surface area is 302 Å². The first-order valence-electron chi connectivity index (χ1n) is 16.3. The number of aromatic nitrogens is 1. The molecule has 5 rings (SSSR count). The molecule has 1 heterocycles. The van der Waals surface area contributed by atoms with E-state index in [0.717, 1.165) is 11.1 Å². The van der Waals surface area contributed by atoms with Crippen LogP contribution in [0.1, 0.15) is 34.6 Å². The molecule has 0 amide bonds. The highest BCUT2D eigenvalue weighted by molar-refractivity contribution is 6.00. The third-order valence-corrected chi connectivity index (χ3v) is 8.35. The molecule has 0 bridgehead atoms. The minimum Gasteiger partial charge on any atom is -0.493 e. The normalized spacial score (nSPS) is 11.8. The molecule has 270 valence electrons. The van der Waals surface area contributed by atoms with E-state index in [-0.39, 0.29) is 11.6 Å². The van der Waals surface area contributed by atoms with Crippen molar-refractivity contribution in [2.24, 2.45) is 0 Å². The summed E-state index contributed by atoms with van der Waals surface area (Å²) in [4.78, 5) is 31.3. The monoisotopic (exact) mass is 707 g/mol. The number of carbonyl (C=O) groups is 2. The molecule has 0 N–H and O–H groups in total. The van der Waals surface area contributed by atoms with Gasteiger partial charge in [0.1, 0.15) is 0 Å². The van der Waals surface area contributed by atoms with E-state index in [1.165, 1.54) is 42.7 Å². The highest BCUT2D eigenvalue weighted by Crippen LogP contribution is 2.37. The first-order valence-corrected chi connectivity index (χ1v) is 16.3. The van der Waals surface area contributed by atoms with Gasteiger partial charge in [-0.3, -0.25) is 9.59 Å². The van der Waals surface area contributed by atoms with Crippen LogP contribution in [0.4, 0.5) is 0 Å². The molecule has 52 heavy (non-hydrogen) atoms. The zero-order chi connectivity index (χ0) is 37.4. The summed E-state index contributed by atoms with van der Waals surface area (Å²) in [6, 6.07) is 26.4. The number of carbonyl (C=O) groups excluding carboxylic acids is 2. The van der Waals surface area contributed by atoms with Gasteiger partial charge in [0.2, 0.25) is 11.6 Å². The first kappa shape index (κ1) is 37.0. The molecule has 0 unspecified atom stereocenters. The van der Waals surface area contributed by atoms with E-state index in [9.17, 15) is 9.59 Å². The Morgan fingerprint density at radius 1 is 0.442 bits per heavy atom. The largest absolute Gasteiger partial charge is 0.493 e. The van der Waals surface area contributed by atoms with Crippen LogP contribution in [0.3, 0.4) is 0 Å². The molecule has 0 saturated heterocycles. The van der Waals surface area contributed by atoms with Gasteiger partial charge in [-0.2, -0.15) is 0 Å². The van der Waals surface area contributed by atoms with Crippen molar-refractivity contribution in [1.29, 1.82) is 0 Å². The van der Waals surface area contributed by atoms with Crippen molar-refractivity contribution >= 4 is 11.6 Å². The van der Waals surface area contributed by atoms with Crippen molar-refractivity contribution in [2.45, 2.75) is 26.1 Å². The molecule has 0 aliphatic rings. The predicted octanol–water partition coefficient (Wildman–Crippen LogP) is 7.77. The fourth-order valence-electron chi connectivity index (χ4n) is 5.54. The fourth-order valence-corrected chi connectivity index (χ4v) is 5.54. The molecule has 2 atom stereocenters. The molecule has 11 nitrogen and oxygen atoms in total. The quantitative estimate of drug-likeness (QED) is 0.0936. The van der Waals surface area contributed by atoms with Crippen LogP contribution < -0.4 is 37.9 Å². The van der Waals surface area contributed by atoms with Gasteiger partial charge >= 0.3 is 0 Å². The Hall–Kier alpha value is -6.23. The second kappa shape index (κ2) is 16.7. The van der Waals surface area contributed by atoms with Gasteiger partial charge in [-0.1, -0.05) is 6.07 Å². The number of Topliss-reactive ketones (excluding diaryl/α,β-unsaturated/α-hetero) is 2. The predicted molar refractivity (Wildman–Crippen MR) is 196 cm³/mol. The van der Waals surface area contributed by atoms with E-state index in [0.29, 0.717) is 68.5 Å². The summed E-state index contributed by atoms with van der Waals surface area (Å²) in [6.07, 6.45) is -1.62. The van der Waals surface area contributed by atoms with Gasteiger partial charge in [0.05, 0.1) is 54.0 Å². The van der Waals surface area contributed by atoms with Crippen LogP contribution in [-0.4, -0.2) is 71.4 Å². The van der Waals surface area contributed by atoms with Crippen LogP contribution in [-0.2, 0) is 0 Å². The molecule has 11 heteroatoms. The van der Waals surface area contributed by atoms with E-state index in [4.69, 9.17) is 42.9 Å². The van der Waals surface area contributed by atoms with Gasteiger partial charge in [0, 0.05) is 22.3 Å². The molecular formula is C41H41NO10. The zero-order valence-corrected chi connectivity index (χ0v) is 30.3. The van der Waals surface area contributed by atoms with Crippen molar-refractivity contribution in [3.63, 3.8) is 0 Å². The number of methoxy groups -OCH3 is 6. The second-order valence-corrected chi connectivity index (χ2v) is 11.5. The summed E-state index contributed by atoms with van der Waals surface area (Å²) in [7, 11) is 9.17. The summed E-state index contributed by atoms with van der Waals surface area (Å²) in [6.45, 7) is 3.36. The van der Waals surface area contributed by atoms with Crippen molar-refractivity contribution < 1.29 is 47.5 Å². The number of ketones is 2. The van der Waals surface area contributed by atoms with Crippen LogP contribution in [0.15, 0.2) is 91.0 Å². The molecule has 0 radical (unpaired) electrons. The molecule has 4 aromatic carbocycles. The number of hydrogen-bond acceptors (Lipinski definition) is 11. The number of rotatable bonds is 16. The Kier molecular flexibility index (Phi) is 11.9. The molecule has 0 fully saturated rings. The Balaban J connectivity index is 1.32.